The maximum absolute atomic E-state index is 12.7. The van der Waals surface area contributed by atoms with Crippen LogP contribution >= 0.6 is 0 Å². The molecule has 28 heavy (non-hydrogen) atoms. The smallest absolute Gasteiger partial charge is 0.406 e. The zero-order valence-corrected chi connectivity index (χ0v) is 15.2. The minimum Gasteiger partial charge on any atom is -0.406 e. The summed E-state index contributed by atoms with van der Waals surface area (Å²) in [5, 5.41) is 11.0. The number of alkyl halides is 3. The molecule has 2 aromatic carbocycles. The Morgan fingerprint density at radius 1 is 1.07 bits per heavy atom. The zero-order valence-electron chi connectivity index (χ0n) is 14.3. The Hall–Kier alpha value is -2.79. The van der Waals surface area contributed by atoms with E-state index in [0.717, 1.165) is 34.7 Å². The third kappa shape index (κ3) is 3.90. The van der Waals surface area contributed by atoms with E-state index >= 15 is 0 Å². The molecule has 0 aromatic heterocycles. The number of nitrogens with zero attached hydrogens (tertiary/aromatic N) is 1. The fraction of sp³-hybridized carbons (Fsp3) is 0.235. The number of hydrogen-bond donors (Lipinski definition) is 2. The van der Waals surface area contributed by atoms with Crippen molar-refractivity contribution in [2.45, 2.75) is 29.8 Å². The normalized spacial score (nSPS) is 20.2. The number of carbonyl (C=O) groups is 1. The highest BCUT2D eigenvalue weighted by Crippen LogP contribution is 2.30. The number of halogens is 3. The fourth-order valence-electron chi connectivity index (χ4n) is 2.71. The summed E-state index contributed by atoms with van der Waals surface area (Å²) in [5.74, 6) is -0.519. The van der Waals surface area contributed by atoms with Crippen LogP contribution in [0.1, 0.15) is 5.56 Å². The van der Waals surface area contributed by atoms with Crippen LogP contribution < -0.4 is 15.0 Å². The summed E-state index contributed by atoms with van der Waals surface area (Å²) in [6, 6.07) is 9.06. The van der Waals surface area contributed by atoms with Crippen LogP contribution in [0.2, 0.25) is 0 Å². The molecular formula is C17H15F3N2O5S. The van der Waals surface area contributed by atoms with E-state index in [1.807, 2.05) is 0 Å². The van der Waals surface area contributed by atoms with Crippen molar-refractivity contribution in [3.63, 3.8) is 0 Å². The largest absolute Gasteiger partial charge is 0.573 e. The standard InChI is InChI=1S/C17H15F3N2O5S/c1-10-2-8-13(9-3-10)28(25,26)14-15(23)22(16(24)21-14)11-4-6-12(7-5-11)27-17(18,19)20/h2-9,14-15,23H,1H3,(H,21,24)/t14-,15-/m0/s1. The molecule has 11 heteroatoms. The van der Waals surface area contributed by atoms with E-state index in [-0.39, 0.29) is 10.6 Å². The molecule has 2 N–H and O–H groups in total. The third-order valence-corrected chi connectivity index (χ3v) is 6.01. The van der Waals surface area contributed by atoms with Gasteiger partial charge in [0.1, 0.15) is 5.75 Å². The lowest BCUT2D eigenvalue weighted by atomic mass is 10.2. The minimum absolute atomic E-state index is 0.00105. The van der Waals surface area contributed by atoms with Crippen LogP contribution in [-0.2, 0) is 9.84 Å². The first kappa shape index (κ1) is 20.0. The zero-order chi connectivity index (χ0) is 20.7. The average Bonchev–Trinajstić information content (AvgIpc) is 2.90. The quantitative estimate of drug-likeness (QED) is 0.799. The number of ether oxygens (including phenoxy) is 1. The van der Waals surface area contributed by atoms with E-state index < -0.39 is 39.6 Å². The molecule has 0 bridgehead atoms. The van der Waals surface area contributed by atoms with Gasteiger partial charge in [-0.3, -0.25) is 4.90 Å². The van der Waals surface area contributed by atoms with Gasteiger partial charge in [-0.2, -0.15) is 0 Å². The second kappa shape index (κ2) is 6.99. The Morgan fingerprint density at radius 2 is 1.64 bits per heavy atom. The van der Waals surface area contributed by atoms with Gasteiger partial charge in [-0.1, -0.05) is 17.7 Å². The Morgan fingerprint density at radius 3 is 2.18 bits per heavy atom. The molecule has 1 aliphatic rings. The number of anilines is 1. The van der Waals surface area contributed by atoms with Gasteiger partial charge in [0.15, 0.2) is 11.6 Å². The van der Waals surface area contributed by atoms with Crippen LogP contribution in [0.15, 0.2) is 53.4 Å². The van der Waals surface area contributed by atoms with Gasteiger partial charge < -0.3 is 15.2 Å². The number of rotatable bonds is 4. The second-order valence-corrected chi connectivity index (χ2v) is 8.12. The van der Waals surface area contributed by atoms with Gasteiger partial charge in [-0.15, -0.1) is 13.2 Å². The summed E-state index contributed by atoms with van der Waals surface area (Å²) in [7, 11) is -4.11. The lowest BCUT2D eigenvalue weighted by Gasteiger charge is -2.22. The van der Waals surface area contributed by atoms with Crippen molar-refractivity contribution in [3.8, 4) is 5.75 Å². The maximum Gasteiger partial charge on any atom is 0.573 e. The number of aryl methyl sites for hydroxylation is 1. The number of nitrogens with one attached hydrogen (secondary N) is 1. The number of aliphatic hydroxyl groups is 1. The Bertz CT molecular complexity index is 975. The topological polar surface area (TPSA) is 95.9 Å². The van der Waals surface area contributed by atoms with E-state index in [1.54, 1.807) is 19.1 Å². The van der Waals surface area contributed by atoms with E-state index in [4.69, 9.17) is 0 Å². The van der Waals surface area contributed by atoms with Crippen molar-refractivity contribution >= 4 is 21.6 Å². The fourth-order valence-corrected chi connectivity index (χ4v) is 4.22. The molecule has 1 heterocycles. The van der Waals surface area contributed by atoms with Crippen LogP contribution in [0.3, 0.4) is 0 Å². The summed E-state index contributed by atoms with van der Waals surface area (Å²) in [5.41, 5.74) is 0.832. The molecule has 0 radical (unpaired) electrons. The molecule has 1 fully saturated rings. The summed E-state index contributed by atoms with van der Waals surface area (Å²) in [6.07, 6.45) is -6.66. The SMILES string of the molecule is Cc1ccc(S(=O)(=O)[C@@H]2NC(=O)N(c3ccc(OC(F)(F)F)cc3)[C@H]2O)cc1. The van der Waals surface area contributed by atoms with Crippen molar-refractivity contribution in [1.29, 1.82) is 0 Å². The molecule has 0 spiro atoms. The molecule has 2 aromatic rings. The van der Waals surface area contributed by atoms with Gasteiger partial charge in [0.25, 0.3) is 0 Å². The molecule has 0 aliphatic carbocycles. The highest BCUT2D eigenvalue weighted by molar-refractivity contribution is 7.92. The Labute approximate surface area is 158 Å². The van der Waals surface area contributed by atoms with Gasteiger partial charge in [0.05, 0.1) is 4.90 Å². The molecule has 2 amide bonds. The van der Waals surface area contributed by atoms with Crippen molar-refractivity contribution in [1.82, 2.24) is 5.32 Å². The Balaban J connectivity index is 1.85. The third-order valence-electron chi connectivity index (χ3n) is 4.05. The monoisotopic (exact) mass is 416 g/mol. The van der Waals surface area contributed by atoms with Gasteiger partial charge >= 0.3 is 12.4 Å². The molecular weight excluding hydrogens is 401 g/mol. The van der Waals surface area contributed by atoms with Crippen molar-refractivity contribution in [2.75, 3.05) is 4.90 Å². The van der Waals surface area contributed by atoms with Gasteiger partial charge in [-0.05, 0) is 43.3 Å². The van der Waals surface area contributed by atoms with Crippen LogP contribution in [0.25, 0.3) is 0 Å². The summed E-state index contributed by atoms with van der Waals surface area (Å²) in [6.45, 7) is 1.77. The van der Waals surface area contributed by atoms with E-state index in [9.17, 15) is 31.5 Å². The minimum atomic E-state index is -4.88. The first-order valence-electron chi connectivity index (χ1n) is 7.93. The number of sulfone groups is 1. The van der Waals surface area contributed by atoms with Gasteiger partial charge in [0, 0.05) is 5.69 Å². The lowest BCUT2D eigenvalue weighted by molar-refractivity contribution is -0.274. The highest BCUT2D eigenvalue weighted by Gasteiger charge is 2.47. The summed E-state index contributed by atoms with van der Waals surface area (Å²) < 4.78 is 65.9. The molecule has 150 valence electrons. The highest BCUT2D eigenvalue weighted by atomic mass is 32.2. The molecule has 7 nitrogen and oxygen atoms in total. The molecule has 3 rings (SSSR count). The first-order chi connectivity index (χ1) is 13.0. The van der Waals surface area contributed by atoms with E-state index in [2.05, 4.69) is 10.1 Å². The maximum atomic E-state index is 12.7. The van der Waals surface area contributed by atoms with Crippen molar-refractivity contribution in [3.05, 3.63) is 54.1 Å². The Kier molecular flexibility index (Phi) is 4.98. The molecule has 1 saturated heterocycles. The number of benzene rings is 2. The average molecular weight is 416 g/mol. The number of aliphatic hydroxyl groups excluding tert-OH is 1. The van der Waals surface area contributed by atoms with Crippen LogP contribution in [-0.4, -0.2) is 37.5 Å². The number of hydrogen-bond acceptors (Lipinski definition) is 5. The predicted octanol–water partition coefficient (Wildman–Crippen LogP) is 2.54. The molecule has 2 atom stereocenters. The molecule has 0 saturated carbocycles. The summed E-state index contributed by atoms with van der Waals surface area (Å²) in [4.78, 5) is 12.9. The molecule has 1 aliphatic heterocycles. The lowest BCUT2D eigenvalue weighted by Crippen LogP contribution is -2.41. The van der Waals surface area contributed by atoms with E-state index in [0.29, 0.717) is 0 Å². The van der Waals surface area contributed by atoms with Gasteiger partial charge in [-0.25, -0.2) is 13.2 Å². The second-order valence-electron chi connectivity index (χ2n) is 6.05. The summed E-state index contributed by atoms with van der Waals surface area (Å²) >= 11 is 0. The first-order valence-corrected chi connectivity index (χ1v) is 9.48. The number of amides is 2. The van der Waals surface area contributed by atoms with E-state index in [1.165, 1.54) is 12.1 Å². The van der Waals surface area contributed by atoms with Crippen LogP contribution in [0.5, 0.6) is 5.75 Å². The molecule has 0 unspecified atom stereocenters. The van der Waals surface area contributed by atoms with Crippen molar-refractivity contribution in [2.24, 2.45) is 0 Å². The van der Waals surface area contributed by atoms with Crippen LogP contribution in [0.4, 0.5) is 23.7 Å². The van der Waals surface area contributed by atoms with Crippen LogP contribution in [0, 0.1) is 6.92 Å². The van der Waals surface area contributed by atoms with Crippen molar-refractivity contribution < 1.29 is 36.2 Å². The number of carbonyl (C=O) groups excluding carboxylic acids is 1. The van der Waals surface area contributed by atoms with Gasteiger partial charge in [0.2, 0.25) is 9.84 Å². The predicted molar refractivity (Wildman–Crippen MR) is 92.3 cm³/mol. The number of urea groups is 1.